The van der Waals surface area contributed by atoms with Crippen LogP contribution in [0.25, 0.3) is 0 Å². The summed E-state index contributed by atoms with van der Waals surface area (Å²) in [6, 6.07) is 0. The van der Waals surface area contributed by atoms with Crippen LogP contribution in [0.5, 0.6) is 0 Å². The van der Waals surface area contributed by atoms with E-state index in [-0.39, 0.29) is 0 Å². The standard InChI is InChI=1S/C74H146N12/c1-11-19-27-35-43-51-59-83(60-52-44-36-28-20-12-2)71-75-69(76-72(79-71)84(61-53-45-37-29-21-13-3)62-54-46-38-30-22-14-4)81(9)67-68-82(10)70-77-73(85(63-55-47-39-31-23-15-5)64-56-48-40-32-24-16-6)80-74(78-70)86(65-57-49-41-33-25-17-7)66-58-50-42-34-26-18-8/h11-68H2,1-10H3. The molecule has 0 atom stereocenters. The van der Waals surface area contributed by atoms with E-state index in [1.54, 1.807) is 0 Å². The van der Waals surface area contributed by atoms with Gasteiger partial charge in [-0.05, 0) is 51.4 Å². The summed E-state index contributed by atoms with van der Waals surface area (Å²) in [4.78, 5) is 47.9. The molecule has 0 unspecified atom stereocenters. The number of rotatable bonds is 65. The first-order chi connectivity index (χ1) is 42.3. The number of hydrogen-bond donors (Lipinski definition) is 0. The number of aromatic nitrogens is 6. The van der Waals surface area contributed by atoms with Gasteiger partial charge < -0.3 is 29.4 Å². The van der Waals surface area contributed by atoms with Gasteiger partial charge in [0, 0.05) is 79.5 Å². The van der Waals surface area contributed by atoms with Crippen molar-refractivity contribution in [3.63, 3.8) is 0 Å². The maximum absolute atomic E-state index is 5.54. The van der Waals surface area contributed by atoms with Crippen LogP contribution in [0.1, 0.15) is 364 Å². The third kappa shape index (κ3) is 39.7. The first-order valence-electron chi connectivity index (χ1n) is 38.2. The molecule has 0 aliphatic rings. The molecule has 0 N–H and O–H groups in total. The van der Waals surface area contributed by atoms with Crippen molar-refractivity contribution >= 4 is 35.7 Å². The Kier molecular flexibility index (Phi) is 52.3. The van der Waals surface area contributed by atoms with Crippen LogP contribution in [0.15, 0.2) is 0 Å². The van der Waals surface area contributed by atoms with E-state index < -0.39 is 0 Å². The van der Waals surface area contributed by atoms with Gasteiger partial charge in [-0.3, -0.25) is 0 Å². The molecule has 0 aliphatic heterocycles. The van der Waals surface area contributed by atoms with Crippen molar-refractivity contribution in [2.24, 2.45) is 0 Å². The molecule has 2 heterocycles. The maximum Gasteiger partial charge on any atom is 0.231 e. The number of unbranched alkanes of at least 4 members (excludes halogenated alkanes) is 40. The lowest BCUT2D eigenvalue weighted by atomic mass is 10.1. The first-order valence-corrected chi connectivity index (χ1v) is 38.2. The van der Waals surface area contributed by atoms with E-state index in [0.717, 1.165) is 101 Å². The van der Waals surface area contributed by atoms with Gasteiger partial charge in [-0.25, -0.2) is 0 Å². The molecule has 12 heteroatoms. The van der Waals surface area contributed by atoms with Crippen molar-refractivity contribution in [1.29, 1.82) is 0 Å². The first kappa shape index (κ1) is 78.9. The summed E-state index contributed by atoms with van der Waals surface area (Å²) in [5.41, 5.74) is 0. The Morgan fingerprint density at radius 2 is 0.291 bits per heavy atom. The minimum absolute atomic E-state index is 0.734. The molecule has 0 saturated carbocycles. The van der Waals surface area contributed by atoms with Crippen LogP contribution in [-0.2, 0) is 0 Å². The molecular formula is C74H146N12. The van der Waals surface area contributed by atoms with Gasteiger partial charge in [0.25, 0.3) is 0 Å². The van der Waals surface area contributed by atoms with Crippen molar-refractivity contribution < 1.29 is 0 Å². The monoisotopic (exact) mass is 1200 g/mol. The molecular weight excluding hydrogens is 1060 g/mol. The molecule has 2 aromatic heterocycles. The molecule has 0 fully saturated rings. The van der Waals surface area contributed by atoms with E-state index in [4.69, 9.17) is 29.9 Å². The van der Waals surface area contributed by atoms with E-state index in [1.165, 1.54) is 308 Å². The molecule has 0 bridgehead atoms. The van der Waals surface area contributed by atoms with Crippen molar-refractivity contribution in [3.05, 3.63) is 0 Å². The molecule has 86 heavy (non-hydrogen) atoms. The van der Waals surface area contributed by atoms with E-state index in [0.29, 0.717) is 0 Å². The number of nitrogens with zero attached hydrogens (tertiary/aromatic N) is 12. The maximum atomic E-state index is 5.54. The summed E-state index contributed by atoms with van der Waals surface area (Å²) in [5.74, 6) is 5.08. The van der Waals surface area contributed by atoms with Gasteiger partial charge >= 0.3 is 0 Å². The van der Waals surface area contributed by atoms with Gasteiger partial charge in [-0.1, -0.05) is 312 Å². The summed E-state index contributed by atoms with van der Waals surface area (Å²) < 4.78 is 0. The quantitative estimate of drug-likeness (QED) is 0.0590. The molecule has 2 rings (SSSR count). The van der Waals surface area contributed by atoms with Gasteiger partial charge in [0.1, 0.15) is 0 Å². The van der Waals surface area contributed by atoms with Crippen molar-refractivity contribution in [3.8, 4) is 0 Å². The van der Waals surface area contributed by atoms with Gasteiger partial charge in [0.05, 0.1) is 0 Å². The normalized spacial score (nSPS) is 11.5. The van der Waals surface area contributed by atoms with Crippen LogP contribution in [0, 0.1) is 0 Å². The second-order valence-electron chi connectivity index (χ2n) is 26.4. The van der Waals surface area contributed by atoms with Crippen molar-refractivity contribution in [2.45, 2.75) is 364 Å². The average molecular weight is 1200 g/mol. The highest BCUT2D eigenvalue weighted by Gasteiger charge is 2.23. The van der Waals surface area contributed by atoms with Gasteiger partial charge in [0.15, 0.2) is 0 Å². The zero-order chi connectivity index (χ0) is 62.2. The lowest BCUT2D eigenvalue weighted by Gasteiger charge is -2.30. The smallest absolute Gasteiger partial charge is 0.231 e. The highest BCUT2D eigenvalue weighted by Crippen LogP contribution is 2.26. The van der Waals surface area contributed by atoms with Crippen LogP contribution < -0.4 is 29.4 Å². The zero-order valence-corrected chi connectivity index (χ0v) is 59.4. The Hall–Kier alpha value is -3.18. The fourth-order valence-electron chi connectivity index (χ4n) is 12.0. The molecule has 0 spiro atoms. The average Bonchev–Trinajstić information content (AvgIpc) is 2.73. The molecule has 0 saturated heterocycles. The highest BCUT2D eigenvalue weighted by molar-refractivity contribution is 5.48. The van der Waals surface area contributed by atoms with Gasteiger partial charge in [-0.15, -0.1) is 0 Å². The van der Waals surface area contributed by atoms with Crippen LogP contribution in [0.3, 0.4) is 0 Å². The van der Waals surface area contributed by atoms with E-state index in [9.17, 15) is 0 Å². The second-order valence-corrected chi connectivity index (χ2v) is 26.4. The number of likely N-dealkylation sites (N-methyl/N-ethyl adjacent to an activating group) is 2. The van der Waals surface area contributed by atoms with E-state index in [2.05, 4.69) is 98.9 Å². The number of anilines is 6. The molecule has 502 valence electrons. The summed E-state index contributed by atoms with van der Waals surface area (Å²) in [7, 11) is 4.42. The van der Waals surface area contributed by atoms with Crippen LogP contribution in [0.2, 0.25) is 0 Å². The molecule has 0 radical (unpaired) electrons. The second kappa shape index (κ2) is 57.0. The molecule has 0 aliphatic carbocycles. The fraction of sp³-hybridized carbons (Fsp3) is 0.919. The summed E-state index contributed by atoms with van der Waals surface area (Å²) in [6.45, 7) is 28.0. The Morgan fingerprint density at radius 1 is 0.163 bits per heavy atom. The summed E-state index contributed by atoms with van der Waals surface area (Å²) >= 11 is 0. The Morgan fingerprint density at radius 3 is 0.442 bits per heavy atom. The SMILES string of the molecule is CCCCCCCCN(CCCCCCCC)c1nc(N(C)CCN(C)c2nc(N(CCCCCCCC)CCCCCCCC)nc(N(CCCCCCCC)CCCCCCCC)n2)nc(N(CCCCCCCC)CCCCCCCC)n1. The van der Waals surface area contributed by atoms with Gasteiger partial charge in [-0.2, -0.15) is 29.9 Å². The van der Waals surface area contributed by atoms with E-state index in [1.807, 2.05) is 0 Å². The minimum atomic E-state index is 0.734. The lowest BCUT2D eigenvalue weighted by Crippen LogP contribution is -2.36. The predicted molar refractivity (Wildman–Crippen MR) is 382 cm³/mol. The minimum Gasteiger partial charge on any atom is -0.342 e. The highest BCUT2D eigenvalue weighted by atomic mass is 15.4. The van der Waals surface area contributed by atoms with Crippen molar-refractivity contribution in [1.82, 2.24) is 29.9 Å². The van der Waals surface area contributed by atoms with E-state index >= 15 is 0 Å². The van der Waals surface area contributed by atoms with Crippen molar-refractivity contribution in [2.75, 3.05) is 109 Å². The Bertz CT molecular complexity index is 1470. The Balaban J connectivity index is 2.74. The third-order valence-electron chi connectivity index (χ3n) is 18.0. The fourth-order valence-corrected chi connectivity index (χ4v) is 12.0. The van der Waals surface area contributed by atoms with Gasteiger partial charge in [0.2, 0.25) is 35.7 Å². The summed E-state index contributed by atoms with van der Waals surface area (Å²) in [5, 5.41) is 0. The molecule has 12 nitrogen and oxygen atoms in total. The largest absolute Gasteiger partial charge is 0.342 e. The predicted octanol–water partition coefficient (Wildman–Crippen LogP) is 21.7. The molecule has 0 amide bonds. The Labute approximate surface area is 535 Å². The number of hydrogen-bond acceptors (Lipinski definition) is 12. The molecule has 0 aromatic carbocycles. The van der Waals surface area contributed by atoms with Crippen LogP contribution >= 0.6 is 0 Å². The van der Waals surface area contributed by atoms with Crippen LogP contribution in [-0.4, -0.2) is 109 Å². The molecule has 2 aromatic rings. The van der Waals surface area contributed by atoms with Crippen LogP contribution in [0.4, 0.5) is 35.7 Å². The zero-order valence-electron chi connectivity index (χ0n) is 59.4. The summed E-state index contributed by atoms with van der Waals surface area (Å²) in [6.07, 6.45) is 61.6. The topological polar surface area (TPSA) is 96.8 Å². The third-order valence-corrected chi connectivity index (χ3v) is 18.0. The lowest BCUT2D eigenvalue weighted by molar-refractivity contribution is 0.563.